The van der Waals surface area contributed by atoms with E-state index in [1.54, 1.807) is 26.2 Å². The lowest BCUT2D eigenvalue weighted by atomic mass is 10.1. The van der Waals surface area contributed by atoms with Gasteiger partial charge >= 0.3 is 0 Å². The molecule has 0 bridgehead atoms. The Labute approximate surface area is 108 Å². The normalized spacial score (nSPS) is 13.4. The summed E-state index contributed by atoms with van der Waals surface area (Å²) in [7, 11) is 1.65. The third kappa shape index (κ3) is 3.96. The molecule has 0 saturated carbocycles. The lowest BCUT2D eigenvalue weighted by Crippen LogP contribution is -2.25. The lowest BCUT2D eigenvalue weighted by Gasteiger charge is -2.23. The van der Waals surface area contributed by atoms with E-state index in [1.165, 1.54) is 6.07 Å². The van der Waals surface area contributed by atoms with Crippen LogP contribution in [0.15, 0.2) is 18.2 Å². The van der Waals surface area contributed by atoms with E-state index in [0.29, 0.717) is 18.6 Å². The van der Waals surface area contributed by atoms with Crippen LogP contribution in [0, 0.1) is 5.82 Å². The fraction of sp³-hybridized carbons (Fsp3) is 0.571. The molecule has 18 heavy (non-hydrogen) atoms. The maximum Gasteiger partial charge on any atom is 0.165 e. The van der Waals surface area contributed by atoms with Crippen LogP contribution in [0.25, 0.3) is 0 Å². The molecular formula is C14H22FNO2. The van der Waals surface area contributed by atoms with E-state index < -0.39 is 0 Å². The largest absolute Gasteiger partial charge is 0.490 e. The zero-order valence-electron chi connectivity index (χ0n) is 11.5. The van der Waals surface area contributed by atoms with E-state index in [0.717, 1.165) is 0 Å². The van der Waals surface area contributed by atoms with Crippen molar-refractivity contribution >= 4 is 0 Å². The molecule has 0 spiro atoms. The fourth-order valence-corrected chi connectivity index (χ4v) is 1.54. The molecule has 0 amide bonds. The Morgan fingerprint density at radius 2 is 2.06 bits per heavy atom. The van der Waals surface area contributed by atoms with Gasteiger partial charge in [0.2, 0.25) is 0 Å². The average Bonchev–Trinajstić information content (AvgIpc) is 2.30. The van der Waals surface area contributed by atoms with E-state index >= 15 is 0 Å². The van der Waals surface area contributed by atoms with Gasteiger partial charge in [0.05, 0.1) is 12.2 Å². The van der Waals surface area contributed by atoms with Gasteiger partial charge in [0.15, 0.2) is 11.6 Å². The number of para-hydroxylation sites is 1. The van der Waals surface area contributed by atoms with Gasteiger partial charge in [-0.3, -0.25) is 0 Å². The second kappa shape index (κ2) is 6.16. The second-order valence-corrected chi connectivity index (χ2v) is 5.01. The minimum atomic E-state index is -0.375. The van der Waals surface area contributed by atoms with Crippen LogP contribution in [0.2, 0.25) is 0 Å². The molecule has 0 aliphatic carbocycles. The number of hydrogen-bond acceptors (Lipinski definition) is 3. The van der Waals surface area contributed by atoms with Gasteiger partial charge in [0.1, 0.15) is 0 Å². The Morgan fingerprint density at radius 1 is 1.39 bits per heavy atom. The summed E-state index contributed by atoms with van der Waals surface area (Å²) in [5, 5.41) is 0. The van der Waals surface area contributed by atoms with Gasteiger partial charge in [0, 0.05) is 25.1 Å². The molecule has 102 valence electrons. The number of methoxy groups -OCH3 is 1. The van der Waals surface area contributed by atoms with Crippen LogP contribution in [-0.2, 0) is 4.74 Å². The van der Waals surface area contributed by atoms with Crippen molar-refractivity contribution in [1.82, 2.24) is 0 Å². The molecule has 2 N–H and O–H groups in total. The van der Waals surface area contributed by atoms with Crippen LogP contribution in [0.5, 0.6) is 5.75 Å². The van der Waals surface area contributed by atoms with Gasteiger partial charge in [-0.05, 0) is 26.8 Å². The summed E-state index contributed by atoms with van der Waals surface area (Å²) in [6.07, 6.45) is 0.677. The van der Waals surface area contributed by atoms with Gasteiger partial charge in [-0.25, -0.2) is 4.39 Å². The van der Waals surface area contributed by atoms with Crippen LogP contribution in [0.3, 0.4) is 0 Å². The molecule has 0 heterocycles. The molecule has 3 nitrogen and oxygen atoms in total. The van der Waals surface area contributed by atoms with E-state index in [-0.39, 0.29) is 23.2 Å². The first-order chi connectivity index (χ1) is 8.37. The standard InChI is InChI=1S/C14H22FNO2/c1-10(16)11-6-5-7-12(15)13(11)18-9-8-14(2,3)17-4/h5-7,10H,8-9,16H2,1-4H3. The van der Waals surface area contributed by atoms with Gasteiger partial charge in [-0.15, -0.1) is 0 Å². The summed E-state index contributed by atoms with van der Waals surface area (Å²) in [5.74, 6) is -0.126. The molecular weight excluding hydrogens is 233 g/mol. The highest BCUT2D eigenvalue weighted by molar-refractivity contribution is 5.36. The molecule has 1 atom stereocenters. The van der Waals surface area contributed by atoms with Gasteiger partial charge in [-0.2, -0.15) is 0 Å². The quantitative estimate of drug-likeness (QED) is 0.849. The highest BCUT2D eigenvalue weighted by Gasteiger charge is 2.18. The van der Waals surface area contributed by atoms with Crippen LogP contribution in [0.1, 0.15) is 38.8 Å². The number of hydrogen-bond donors (Lipinski definition) is 1. The van der Waals surface area contributed by atoms with Gasteiger partial charge in [0.25, 0.3) is 0 Å². The summed E-state index contributed by atoms with van der Waals surface area (Å²) in [6, 6.07) is 4.54. The Kier molecular flexibility index (Phi) is 5.11. The number of ether oxygens (including phenoxy) is 2. The van der Waals surface area contributed by atoms with Crippen molar-refractivity contribution in [3.05, 3.63) is 29.6 Å². The first-order valence-electron chi connectivity index (χ1n) is 6.09. The summed E-state index contributed by atoms with van der Waals surface area (Å²) >= 11 is 0. The fourth-order valence-electron chi connectivity index (χ4n) is 1.54. The summed E-state index contributed by atoms with van der Waals surface area (Å²) in [6.45, 7) is 6.12. The minimum absolute atomic E-state index is 0.249. The highest BCUT2D eigenvalue weighted by atomic mass is 19.1. The highest BCUT2D eigenvalue weighted by Crippen LogP contribution is 2.27. The summed E-state index contributed by atoms with van der Waals surface area (Å²) in [5.41, 5.74) is 6.20. The van der Waals surface area contributed by atoms with Crippen molar-refractivity contribution in [2.45, 2.75) is 38.8 Å². The Bertz CT molecular complexity index is 391. The van der Waals surface area contributed by atoms with Gasteiger partial charge < -0.3 is 15.2 Å². The second-order valence-electron chi connectivity index (χ2n) is 5.01. The van der Waals surface area contributed by atoms with Gasteiger partial charge in [-0.1, -0.05) is 12.1 Å². The zero-order chi connectivity index (χ0) is 13.8. The Morgan fingerprint density at radius 3 is 2.61 bits per heavy atom. The Hall–Kier alpha value is -1.13. The van der Waals surface area contributed by atoms with E-state index in [9.17, 15) is 4.39 Å². The van der Waals surface area contributed by atoms with Crippen molar-refractivity contribution in [3.8, 4) is 5.75 Å². The number of benzene rings is 1. The molecule has 0 aliphatic rings. The lowest BCUT2D eigenvalue weighted by molar-refractivity contribution is 0.00503. The first-order valence-corrected chi connectivity index (χ1v) is 6.09. The minimum Gasteiger partial charge on any atom is -0.490 e. The van der Waals surface area contributed by atoms with Crippen molar-refractivity contribution < 1.29 is 13.9 Å². The number of nitrogens with two attached hydrogens (primary N) is 1. The molecule has 0 aliphatic heterocycles. The molecule has 0 aromatic heterocycles. The molecule has 1 unspecified atom stereocenters. The Balaban J connectivity index is 2.73. The average molecular weight is 255 g/mol. The summed E-state index contributed by atoms with van der Waals surface area (Å²) in [4.78, 5) is 0. The topological polar surface area (TPSA) is 44.5 Å². The molecule has 0 fully saturated rings. The third-order valence-corrected chi connectivity index (χ3v) is 2.99. The van der Waals surface area contributed by atoms with Crippen LogP contribution in [-0.4, -0.2) is 19.3 Å². The smallest absolute Gasteiger partial charge is 0.165 e. The maximum absolute atomic E-state index is 13.7. The zero-order valence-corrected chi connectivity index (χ0v) is 11.5. The van der Waals surface area contributed by atoms with Crippen molar-refractivity contribution in [2.24, 2.45) is 5.73 Å². The molecule has 1 rings (SSSR count). The maximum atomic E-state index is 13.7. The predicted octanol–water partition coefficient (Wildman–Crippen LogP) is 3.04. The monoisotopic (exact) mass is 255 g/mol. The molecule has 4 heteroatoms. The molecule has 0 saturated heterocycles. The van der Waals surface area contributed by atoms with E-state index in [2.05, 4.69) is 0 Å². The third-order valence-electron chi connectivity index (χ3n) is 2.99. The van der Waals surface area contributed by atoms with Crippen LogP contribution < -0.4 is 10.5 Å². The number of rotatable bonds is 6. The summed E-state index contributed by atoms with van der Waals surface area (Å²) < 4.78 is 24.5. The predicted molar refractivity (Wildman–Crippen MR) is 70.2 cm³/mol. The van der Waals surface area contributed by atoms with Crippen LogP contribution >= 0.6 is 0 Å². The first kappa shape index (κ1) is 14.9. The molecule has 0 radical (unpaired) electrons. The van der Waals surface area contributed by atoms with Crippen molar-refractivity contribution in [3.63, 3.8) is 0 Å². The van der Waals surface area contributed by atoms with E-state index in [1.807, 2.05) is 13.8 Å². The molecule has 1 aromatic rings. The van der Waals surface area contributed by atoms with Crippen molar-refractivity contribution in [1.29, 1.82) is 0 Å². The van der Waals surface area contributed by atoms with Crippen LogP contribution in [0.4, 0.5) is 4.39 Å². The van der Waals surface area contributed by atoms with Crippen molar-refractivity contribution in [2.75, 3.05) is 13.7 Å². The molecule has 1 aromatic carbocycles. The number of halogens is 1. The SMILES string of the molecule is COC(C)(C)CCOc1c(F)cccc1C(C)N. The van der Waals surface area contributed by atoms with E-state index in [4.69, 9.17) is 15.2 Å².